The molecule has 0 aromatic carbocycles. The van der Waals surface area contributed by atoms with Crippen LogP contribution >= 0.6 is 11.6 Å². The number of nitrogens with zero attached hydrogens (tertiary/aromatic N) is 1. The summed E-state index contributed by atoms with van der Waals surface area (Å²) in [6, 6.07) is 0.781. The van der Waals surface area contributed by atoms with Gasteiger partial charge in [-0.05, 0) is 13.8 Å². The number of quaternary nitrogens is 1. The van der Waals surface area contributed by atoms with E-state index in [0.29, 0.717) is 0 Å². The van der Waals surface area contributed by atoms with Crippen LogP contribution in [0.3, 0.4) is 0 Å². The summed E-state index contributed by atoms with van der Waals surface area (Å²) in [5.41, 5.74) is 0. The number of rotatable bonds is 3. The van der Waals surface area contributed by atoms with Crippen LogP contribution in [0.15, 0.2) is 0 Å². The standard InChI is InChI=1S/C7H15ClN/c1-7(2)9(4-3-8)5-6-9/h7H,3-6H2,1-2H3/q+1. The molecular formula is C7H15ClN+. The quantitative estimate of drug-likeness (QED) is 0.323. The van der Waals surface area contributed by atoms with Crippen molar-refractivity contribution in [1.29, 1.82) is 0 Å². The third-order valence-corrected chi connectivity index (χ3v) is 2.59. The van der Waals surface area contributed by atoms with Gasteiger partial charge in [-0.25, -0.2) is 0 Å². The molecule has 0 unspecified atom stereocenters. The van der Waals surface area contributed by atoms with Crippen LogP contribution in [0, 0.1) is 0 Å². The summed E-state index contributed by atoms with van der Waals surface area (Å²) in [5, 5.41) is 0. The summed E-state index contributed by atoms with van der Waals surface area (Å²) < 4.78 is 1.27. The topological polar surface area (TPSA) is 0 Å². The molecule has 0 aromatic rings. The molecule has 1 saturated heterocycles. The minimum absolute atomic E-state index is 0.781. The van der Waals surface area contributed by atoms with Crippen molar-refractivity contribution < 1.29 is 4.48 Å². The molecule has 0 aromatic heterocycles. The maximum atomic E-state index is 5.65. The van der Waals surface area contributed by atoms with Crippen molar-refractivity contribution in [3.8, 4) is 0 Å². The van der Waals surface area contributed by atoms with E-state index in [4.69, 9.17) is 11.6 Å². The van der Waals surface area contributed by atoms with E-state index in [0.717, 1.165) is 11.9 Å². The van der Waals surface area contributed by atoms with Gasteiger partial charge in [-0.15, -0.1) is 11.6 Å². The summed E-state index contributed by atoms with van der Waals surface area (Å²) >= 11 is 5.65. The highest BCUT2D eigenvalue weighted by atomic mass is 35.5. The molecular weight excluding hydrogens is 134 g/mol. The molecule has 0 amide bonds. The van der Waals surface area contributed by atoms with E-state index in [1.165, 1.54) is 24.1 Å². The Balaban J connectivity index is 2.33. The minimum atomic E-state index is 0.781. The van der Waals surface area contributed by atoms with E-state index < -0.39 is 0 Å². The first kappa shape index (κ1) is 7.36. The van der Waals surface area contributed by atoms with Crippen LogP contribution < -0.4 is 0 Å². The largest absolute Gasteiger partial charge is 0.311 e. The van der Waals surface area contributed by atoms with Crippen LogP contribution in [0.1, 0.15) is 13.8 Å². The number of halogens is 1. The fourth-order valence-electron chi connectivity index (χ4n) is 1.29. The van der Waals surface area contributed by atoms with Crippen LogP contribution in [0.4, 0.5) is 0 Å². The van der Waals surface area contributed by atoms with Gasteiger partial charge in [0.1, 0.15) is 13.1 Å². The van der Waals surface area contributed by atoms with Gasteiger partial charge in [0, 0.05) is 0 Å². The normalized spacial score (nSPS) is 22.7. The van der Waals surface area contributed by atoms with Gasteiger partial charge < -0.3 is 4.48 Å². The Kier molecular flexibility index (Phi) is 2.02. The molecule has 0 aliphatic carbocycles. The maximum absolute atomic E-state index is 5.65. The molecule has 1 nitrogen and oxygen atoms in total. The second-order valence-corrected chi connectivity index (χ2v) is 3.55. The summed E-state index contributed by atoms with van der Waals surface area (Å²) in [5.74, 6) is 0.818. The fourth-order valence-corrected chi connectivity index (χ4v) is 1.63. The Bertz CT molecular complexity index is 97.1. The highest BCUT2D eigenvalue weighted by Crippen LogP contribution is 2.25. The van der Waals surface area contributed by atoms with Gasteiger partial charge in [0.2, 0.25) is 0 Å². The highest BCUT2D eigenvalue weighted by Gasteiger charge is 2.43. The molecule has 0 radical (unpaired) electrons. The molecule has 0 atom stereocenters. The number of alkyl halides is 1. The lowest BCUT2D eigenvalue weighted by Crippen LogP contribution is -2.35. The Morgan fingerprint density at radius 3 is 2.11 bits per heavy atom. The van der Waals surface area contributed by atoms with Gasteiger partial charge in [-0.2, -0.15) is 0 Å². The molecule has 2 heteroatoms. The molecule has 0 bridgehead atoms. The van der Waals surface area contributed by atoms with Gasteiger partial charge in [0.25, 0.3) is 0 Å². The number of hydrogen-bond donors (Lipinski definition) is 0. The van der Waals surface area contributed by atoms with Gasteiger partial charge in [0.05, 0.1) is 18.5 Å². The van der Waals surface area contributed by atoms with Crippen molar-refractivity contribution in [2.24, 2.45) is 0 Å². The van der Waals surface area contributed by atoms with Crippen molar-refractivity contribution in [2.45, 2.75) is 19.9 Å². The van der Waals surface area contributed by atoms with Gasteiger partial charge in [0.15, 0.2) is 0 Å². The molecule has 1 heterocycles. The highest BCUT2D eigenvalue weighted by molar-refractivity contribution is 6.17. The summed E-state index contributed by atoms with van der Waals surface area (Å²) in [6.07, 6.45) is 0. The zero-order chi connectivity index (χ0) is 6.91. The Hall–Kier alpha value is 0.250. The van der Waals surface area contributed by atoms with Crippen LogP contribution in [-0.2, 0) is 0 Å². The lowest BCUT2D eigenvalue weighted by molar-refractivity contribution is -0.820. The second-order valence-electron chi connectivity index (χ2n) is 3.17. The predicted octanol–water partition coefficient (Wildman–Crippen LogP) is 1.46. The lowest BCUT2D eigenvalue weighted by atomic mass is 10.3. The Morgan fingerprint density at radius 2 is 2.00 bits per heavy atom. The molecule has 1 fully saturated rings. The zero-order valence-electron chi connectivity index (χ0n) is 6.23. The van der Waals surface area contributed by atoms with E-state index in [1.54, 1.807) is 0 Å². The van der Waals surface area contributed by atoms with Crippen LogP contribution in [-0.4, -0.2) is 36.0 Å². The van der Waals surface area contributed by atoms with Crippen molar-refractivity contribution in [2.75, 3.05) is 25.5 Å². The summed E-state index contributed by atoms with van der Waals surface area (Å²) in [7, 11) is 0. The molecule has 1 aliphatic heterocycles. The van der Waals surface area contributed by atoms with E-state index in [9.17, 15) is 0 Å². The lowest BCUT2D eigenvalue weighted by Gasteiger charge is -2.21. The molecule has 9 heavy (non-hydrogen) atoms. The van der Waals surface area contributed by atoms with Gasteiger partial charge >= 0.3 is 0 Å². The fraction of sp³-hybridized carbons (Fsp3) is 1.00. The third-order valence-electron chi connectivity index (χ3n) is 2.42. The monoisotopic (exact) mass is 148 g/mol. The molecule has 0 N–H and O–H groups in total. The first-order chi connectivity index (χ1) is 4.21. The average Bonchev–Trinajstić information content (AvgIpc) is 2.49. The minimum Gasteiger partial charge on any atom is -0.311 e. The van der Waals surface area contributed by atoms with E-state index in [2.05, 4.69) is 13.8 Å². The molecule has 0 saturated carbocycles. The molecule has 1 aliphatic rings. The smallest absolute Gasteiger partial charge is 0.129 e. The maximum Gasteiger partial charge on any atom is 0.129 e. The predicted molar refractivity (Wildman–Crippen MR) is 40.7 cm³/mol. The summed E-state index contributed by atoms with van der Waals surface area (Å²) in [4.78, 5) is 0. The van der Waals surface area contributed by atoms with Crippen LogP contribution in [0.5, 0.6) is 0 Å². The van der Waals surface area contributed by atoms with E-state index in [1.807, 2.05) is 0 Å². The van der Waals surface area contributed by atoms with Crippen molar-refractivity contribution in [1.82, 2.24) is 0 Å². The van der Waals surface area contributed by atoms with Crippen molar-refractivity contribution in [3.63, 3.8) is 0 Å². The van der Waals surface area contributed by atoms with E-state index in [-0.39, 0.29) is 0 Å². The molecule has 1 rings (SSSR count). The van der Waals surface area contributed by atoms with Crippen LogP contribution in [0.2, 0.25) is 0 Å². The third kappa shape index (κ3) is 1.39. The molecule has 0 spiro atoms. The SMILES string of the molecule is CC(C)[N+]1(CCCl)CC1. The van der Waals surface area contributed by atoms with Gasteiger partial charge in [-0.1, -0.05) is 0 Å². The Labute approximate surface area is 62.2 Å². The van der Waals surface area contributed by atoms with E-state index >= 15 is 0 Å². The van der Waals surface area contributed by atoms with Crippen LogP contribution in [0.25, 0.3) is 0 Å². The number of hydrogen-bond acceptors (Lipinski definition) is 0. The van der Waals surface area contributed by atoms with Gasteiger partial charge in [-0.3, -0.25) is 0 Å². The second kappa shape index (κ2) is 2.47. The average molecular weight is 149 g/mol. The zero-order valence-corrected chi connectivity index (χ0v) is 6.99. The Morgan fingerprint density at radius 1 is 1.44 bits per heavy atom. The summed E-state index contributed by atoms with van der Waals surface area (Å²) in [6.45, 7) is 8.42. The molecule has 54 valence electrons. The van der Waals surface area contributed by atoms with Crippen molar-refractivity contribution >= 4 is 11.6 Å². The first-order valence-electron chi connectivity index (χ1n) is 3.63. The van der Waals surface area contributed by atoms with Crippen molar-refractivity contribution in [3.05, 3.63) is 0 Å². The first-order valence-corrected chi connectivity index (χ1v) is 4.16.